The summed E-state index contributed by atoms with van der Waals surface area (Å²) in [5.74, 6) is -0.302. The molecule has 0 unspecified atom stereocenters. The molecule has 0 atom stereocenters. The summed E-state index contributed by atoms with van der Waals surface area (Å²) in [6.45, 7) is 1.00. The molecular weight excluding hydrogens is 370 g/mol. The lowest BCUT2D eigenvalue weighted by atomic mass is 10.0. The second kappa shape index (κ2) is 7.20. The highest BCUT2D eigenvalue weighted by Crippen LogP contribution is 2.28. The van der Waals surface area contributed by atoms with Crippen molar-refractivity contribution in [3.63, 3.8) is 0 Å². The van der Waals surface area contributed by atoms with Crippen molar-refractivity contribution in [2.75, 3.05) is 13.1 Å². The summed E-state index contributed by atoms with van der Waals surface area (Å²) in [5.41, 5.74) is 3.38. The van der Waals surface area contributed by atoms with Crippen molar-refractivity contribution in [2.45, 2.75) is 12.8 Å². The Morgan fingerprint density at radius 3 is 2.38 bits per heavy atom. The van der Waals surface area contributed by atoms with E-state index in [1.807, 2.05) is 42.1 Å². The number of hydrogen-bond acceptors (Lipinski definition) is 4. The average Bonchev–Trinajstić information content (AvgIpc) is 2.90. The third-order valence-corrected chi connectivity index (χ3v) is 5.60. The van der Waals surface area contributed by atoms with Crippen LogP contribution in [-0.4, -0.2) is 42.8 Å². The highest BCUT2D eigenvalue weighted by Gasteiger charge is 2.26. The predicted molar refractivity (Wildman–Crippen MR) is 109 cm³/mol. The zero-order valence-corrected chi connectivity index (χ0v) is 16.8. The number of aromatic nitrogens is 4. The Morgan fingerprint density at radius 1 is 0.966 bits per heavy atom. The van der Waals surface area contributed by atoms with Crippen molar-refractivity contribution in [1.29, 1.82) is 0 Å². The predicted octanol–water partition coefficient (Wildman–Crippen LogP) is 0.726. The third kappa shape index (κ3) is 3.20. The van der Waals surface area contributed by atoms with Crippen molar-refractivity contribution in [3.05, 3.63) is 74.2 Å². The second-order valence-corrected chi connectivity index (χ2v) is 7.32. The first-order chi connectivity index (χ1) is 13.9. The topological polar surface area (TPSA) is 82.1 Å². The minimum Gasteiger partial charge on any atom is -0.337 e. The minimum atomic E-state index is -0.505. The molecule has 150 valence electrons. The van der Waals surface area contributed by atoms with Crippen LogP contribution in [0.25, 0.3) is 11.3 Å². The molecule has 3 heterocycles. The highest BCUT2D eigenvalue weighted by atomic mass is 16.2. The van der Waals surface area contributed by atoms with Gasteiger partial charge in [-0.1, -0.05) is 30.3 Å². The van der Waals surface area contributed by atoms with E-state index in [0.717, 1.165) is 27.1 Å². The van der Waals surface area contributed by atoms with Crippen molar-refractivity contribution < 1.29 is 4.79 Å². The summed E-state index contributed by atoms with van der Waals surface area (Å²) in [7, 11) is 4.84. The SMILES string of the molecule is Cn1nc(-c2ccccc2)c2c1CCN(C(=O)c1cc(=O)n(C)c(=O)n1C)CC2. The van der Waals surface area contributed by atoms with Gasteiger partial charge in [-0.05, 0) is 6.42 Å². The molecular formula is C21H23N5O3. The molecule has 0 saturated heterocycles. The largest absolute Gasteiger partial charge is 0.337 e. The van der Waals surface area contributed by atoms with Gasteiger partial charge in [0, 0.05) is 63.5 Å². The molecule has 8 heteroatoms. The maximum absolute atomic E-state index is 13.1. The molecule has 29 heavy (non-hydrogen) atoms. The summed E-state index contributed by atoms with van der Waals surface area (Å²) in [4.78, 5) is 39.0. The Kier molecular flexibility index (Phi) is 4.70. The van der Waals surface area contributed by atoms with Gasteiger partial charge in [-0.3, -0.25) is 23.4 Å². The minimum absolute atomic E-state index is 0.116. The average molecular weight is 393 g/mol. The van der Waals surface area contributed by atoms with Crippen LogP contribution in [-0.2, 0) is 34.0 Å². The first kappa shape index (κ1) is 18.9. The Bertz CT molecular complexity index is 1200. The molecule has 0 spiro atoms. The number of fused-ring (bicyclic) bond motifs is 1. The lowest BCUT2D eigenvalue weighted by Crippen LogP contribution is -2.43. The quantitative estimate of drug-likeness (QED) is 0.643. The van der Waals surface area contributed by atoms with Crippen LogP contribution in [0.5, 0.6) is 0 Å². The maximum atomic E-state index is 13.1. The Morgan fingerprint density at radius 2 is 1.66 bits per heavy atom. The van der Waals surface area contributed by atoms with Crippen LogP contribution in [0, 0.1) is 0 Å². The van der Waals surface area contributed by atoms with Crippen LogP contribution in [0.15, 0.2) is 46.0 Å². The van der Waals surface area contributed by atoms with E-state index >= 15 is 0 Å². The molecule has 1 aromatic carbocycles. The van der Waals surface area contributed by atoms with E-state index in [1.54, 1.807) is 4.90 Å². The van der Waals surface area contributed by atoms with Gasteiger partial charge in [-0.15, -0.1) is 0 Å². The number of benzene rings is 1. The van der Waals surface area contributed by atoms with E-state index < -0.39 is 11.2 Å². The highest BCUT2D eigenvalue weighted by molar-refractivity contribution is 5.92. The van der Waals surface area contributed by atoms with Crippen LogP contribution in [0.3, 0.4) is 0 Å². The molecule has 2 aromatic heterocycles. The van der Waals surface area contributed by atoms with Gasteiger partial charge in [-0.2, -0.15) is 5.10 Å². The molecule has 0 fully saturated rings. The first-order valence-electron chi connectivity index (χ1n) is 9.55. The molecule has 0 bridgehead atoms. The van der Waals surface area contributed by atoms with E-state index in [-0.39, 0.29) is 11.6 Å². The number of amides is 1. The molecule has 8 nitrogen and oxygen atoms in total. The molecule has 1 amide bonds. The monoisotopic (exact) mass is 393 g/mol. The van der Waals surface area contributed by atoms with Gasteiger partial charge in [0.25, 0.3) is 11.5 Å². The van der Waals surface area contributed by atoms with E-state index in [2.05, 4.69) is 0 Å². The molecule has 0 N–H and O–H groups in total. The van der Waals surface area contributed by atoms with Gasteiger partial charge in [0.15, 0.2) is 0 Å². The fourth-order valence-corrected chi connectivity index (χ4v) is 3.91. The molecule has 1 aliphatic rings. The number of rotatable bonds is 2. The van der Waals surface area contributed by atoms with Gasteiger partial charge in [0.2, 0.25) is 0 Å². The summed E-state index contributed by atoms with van der Waals surface area (Å²) in [6.07, 6.45) is 1.33. The van der Waals surface area contributed by atoms with E-state index in [1.165, 1.54) is 24.7 Å². The van der Waals surface area contributed by atoms with Crippen molar-refractivity contribution >= 4 is 5.91 Å². The van der Waals surface area contributed by atoms with Gasteiger partial charge >= 0.3 is 5.69 Å². The van der Waals surface area contributed by atoms with Crippen molar-refractivity contribution in [3.8, 4) is 11.3 Å². The van der Waals surface area contributed by atoms with E-state index in [4.69, 9.17) is 5.10 Å². The number of carbonyl (C=O) groups is 1. The number of hydrogen-bond donors (Lipinski definition) is 0. The Labute approximate surface area is 167 Å². The van der Waals surface area contributed by atoms with Crippen molar-refractivity contribution in [2.24, 2.45) is 21.1 Å². The number of carbonyl (C=O) groups excluding carboxylic acids is 1. The van der Waals surface area contributed by atoms with Crippen molar-refractivity contribution in [1.82, 2.24) is 23.8 Å². The molecule has 0 saturated carbocycles. The second-order valence-electron chi connectivity index (χ2n) is 7.32. The first-order valence-corrected chi connectivity index (χ1v) is 9.55. The molecule has 0 radical (unpaired) electrons. The standard InChI is InChI=1S/C21H23N5O3/c1-23-17(13-18(27)24(2)21(23)29)20(28)26-11-9-15-16(10-12-26)25(3)22-19(15)14-7-5-4-6-8-14/h4-8,13H,9-12H2,1-3H3. The normalized spacial score (nSPS) is 13.8. The summed E-state index contributed by atoms with van der Waals surface area (Å²) in [6, 6.07) is 11.2. The Hall–Kier alpha value is -3.42. The smallest absolute Gasteiger partial charge is 0.331 e. The Balaban J connectivity index is 1.65. The zero-order chi connectivity index (χ0) is 20.7. The lowest BCUT2D eigenvalue weighted by molar-refractivity contribution is 0.0750. The lowest BCUT2D eigenvalue weighted by Gasteiger charge is -2.21. The summed E-state index contributed by atoms with van der Waals surface area (Å²) >= 11 is 0. The van der Waals surface area contributed by atoms with Crippen LogP contribution in [0.4, 0.5) is 0 Å². The fourth-order valence-electron chi connectivity index (χ4n) is 3.91. The van der Waals surface area contributed by atoms with Crippen LogP contribution >= 0.6 is 0 Å². The third-order valence-electron chi connectivity index (χ3n) is 5.60. The fraction of sp³-hybridized carbons (Fsp3) is 0.333. The number of aryl methyl sites for hydroxylation is 1. The van der Waals surface area contributed by atoms with Gasteiger partial charge in [0.1, 0.15) is 5.69 Å². The molecule has 4 rings (SSSR count). The van der Waals surface area contributed by atoms with E-state index in [0.29, 0.717) is 25.9 Å². The number of nitrogens with zero attached hydrogens (tertiary/aromatic N) is 5. The summed E-state index contributed by atoms with van der Waals surface area (Å²) < 4.78 is 4.12. The van der Waals surface area contributed by atoms with Crippen LogP contribution in [0.2, 0.25) is 0 Å². The molecule has 0 aliphatic carbocycles. The zero-order valence-electron chi connectivity index (χ0n) is 16.8. The van der Waals surface area contributed by atoms with Gasteiger partial charge < -0.3 is 4.90 Å². The van der Waals surface area contributed by atoms with E-state index in [9.17, 15) is 14.4 Å². The summed E-state index contributed by atoms with van der Waals surface area (Å²) in [5, 5.41) is 4.70. The molecule has 1 aliphatic heterocycles. The van der Waals surface area contributed by atoms with Gasteiger partial charge in [0.05, 0.1) is 5.69 Å². The molecule has 3 aromatic rings. The maximum Gasteiger partial charge on any atom is 0.331 e. The van der Waals surface area contributed by atoms with Crippen LogP contribution in [0.1, 0.15) is 21.7 Å². The van der Waals surface area contributed by atoms with Crippen LogP contribution < -0.4 is 11.2 Å². The van der Waals surface area contributed by atoms with Gasteiger partial charge in [-0.25, -0.2) is 4.79 Å².